The zero-order valence-electron chi connectivity index (χ0n) is 17.4. The van der Waals surface area contributed by atoms with Crippen molar-refractivity contribution in [1.29, 1.82) is 0 Å². The number of pyridine rings is 2. The average molecular weight is 431 g/mol. The van der Waals surface area contributed by atoms with Gasteiger partial charge < -0.3 is 5.32 Å². The minimum absolute atomic E-state index is 0.159. The Morgan fingerprint density at radius 3 is 2.61 bits per heavy atom. The number of Topliss-reactive ketones (excluding diaryl/α,β-unsaturated/α-hetero) is 1. The molecule has 4 aromatic rings. The number of amides is 1. The summed E-state index contributed by atoms with van der Waals surface area (Å²) in [6.45, 7) is 3.46. The van der Waals surface area contributed by atoms with Gasteiger partial charge in [0.2, 0.25) is 5.91 Å². The molecule has 0 spiro atoms. The second kappa shape index (κ2) is 9.14. The maximum Gasteiger partial charge on any atom is 0.222 e. The van der Waals surface area contributed by atoms with Crippen LogP contribution in [0.1, 0.15) is 31.7 Å². The highest BCUT2D eigenvalue weighted by atomic mass is 32.1. The van der Waals surface area contributed by atoms with E-state index in [9.17, 15) is 9.59 Å². The van der Waals surface area contributed by atoms with E-state index in [0.717, 1.165) is 43.9 Å². The first kappa shape index (κ1) is 20.8. The molecular weight excluding hydrogens is 408 g/mol. The van der Waals surface area contributed by atoms with E-state index in [1.165, 1.54) is 6.92 Å². The average Bonchev–Trinajstić information content (AvgIpc) is 3.16. The fourth-order valence-corrected chi connectivity index (χ4v) is 4.52. The number of aromatic nitrogens is 3. The van der Waals surface area contributed by atoms with Gasteiger partial charge in [-0.2, -0.15) is 0 Å². The third-order valence-electron chi connectivity index (χ3n) is 4.79. The van der Waals surface area contributed by atoms with Crippen molar-refractivity contribution >= 4 is 39.1 Å². The van der Waals surface area contributed by atoms with Crippen LogP contribution in [0, 0.1) is 0 Å². The molecule has 4 rings (SSSR count). The number of anilines is 1. The van der Waals surface area contributed by atoms with E-state index in [0.29, 0.717) is 18.7 Å². The molecule has 31 heavy (non-hydrogen) atoms. The summed E-state index contributed by atoms with van der Waals surface area (Å²) in [6.07, 6.45) is 7.09. The van der Waals surface area contributed by atoms with Crippen molar-refractivity contribution in [2.75, 3.05) is 5.32 Å². The van der Waals surface area contributed by atoms with E-state index < -0.39 is 0 Å². The lowest BCUT2D eigenvalue weighted by atomic mass is 10.00. The van der Waals surface area contributed by atoms with Crippen LogP contribution in [0.5, 0.6) is 0 Å². The predicted molar refractivity (Wildman–Crippen MR) is 124 cm³/mol. The van der Waals surface area contributed by atoms with Crippen molar-refractivity contribution in [3.8, 4) is 22.3 Å². The fraction of sp³-hybridized carbons (Fsp3) is 0.208. The Morgan fingerprint density at radius 2 is 1.94 bits per heavy atom. The number of ketones is 1. The highest BCUT2D eigenvalue weighted by Gasteiger charge is 2.15. The topological polar surface area (TPSA) is 84.8 Å². The van der Waals surface area contributed by atoms with Gasteiger partial charge in [0, 0.05) is 48.6 Å². The van der Waals surface area contributed by atoms with E-state index in [4.69, 9.17) is 4.98 Å². The zero-order chi connectivity index (χ0) is 21.8. The molecule has 6 nitrogen and oxygen atoms in total. The largest absolute Gasteiger partial charge is 0.311 e. The van der Waals surface area contributed by atoms with Gasteiger partial charge in [-0.15, -0.1) is 11.3 Å². The van der Waals surface area contributed by atoms with E-state index in [1.54, 1.807) is 29.8 Å². The Kier molecular flexibility index (Phi) is 6.13. The zero-order valence-corrected chi connectivity index (χ0v) is 18.2. The molecule has 7 heteroatoms. The molecule has 0 radical (unpaired) electrons. The highest BCUT2D eigenvalue weighted by molar-refractivity contribution is 7.19. The first-order chi connectivity index (χ1) is 15.0. The number of carbonyl (C=O) groups excluding carboxylic acids is 2. The van der Waals surface area contributed by atoms with Crippen molar-refractivity contribution in [3.63, 3.8) is 0 Å². The standard InChI is InChI=1S/C24H22N4O2S/c1-3-5-19(30)12-23-28-21-11-18(16-7-8-22(26-14-16)27-15(2)29)10-20(24(21)31-23)17-6-4-9-25-13-17/h4,6-11,13-14H,3,5,12H2,1-2H3,(H,26,27,29). The highest BCUT2D eigenvalue weighted by Crippen LogP contribution is 2.37. The van der Waals surface area contributed by atoms with Gasteiger partial charge in [0.1, 0.15) is 16.6 Å². The number of carbonyl (C=O) groups is 2. The third kappa shape index (κ3) is 4.83. The van der Waals surface area contributed by atoms with Gasteiger partial charge in [0.05, 0.1) is 16.6 Å². The van der Waals surface area contributed by atoms with Gasteiger partial charge in [-0.25, -0.2) is 9.97 Å². The van der Waals surface area contributed by atoms with E-state index in [1.807, 2.05) is 37.4 Å². The van der Waals surface area contributed by atoms with Crippen molar-refractivity contribution in [2.45, 2.75) is 33.1 Å². The van der Waals surface area contributed by atoms with Crippen molar-refractivity contribution in [3.05, 3.63) is 60.0 Å². The Bertz CT molecular complexity index is 1230. The molecule has 0 aliphatic rings. The molecule has 0 bridgehead atoms. The van der Waals surface area contributed by atoms with Crippen molar-refractivity contribution in [2.24, 2.45) is 0 Å². The lowest BCUT2D eigenvalue weighted by Crippen LogP contribution is -2.06. The number of fused-ring (bicyclic) bond motifs is 1. The summed E-state index contributed by atoms with van der Waals surface area (Å²) in [5, 5.41) is 3.51. The summed E-state index contributed by atoms with van der Waals surface area (Å²) in [7, 11) is 0. The molecule has 1 aromatic carbocycles. The molecule has 0 saturated heterocycles. The lowest BCUT2D eigenvalue weighted by molar-refractivity contribution is -0.118. The number of nitrogens with one attached hydrogen (secondary N) is 1. The summed E-state index contributed by atoms with van der Waals surface area (Å²) in [5.74, 6) is 0.561. The van der Waals surface area contributed by atoms with Crippen LogP contribution in [0.4, 0.5) is 5.82 Å². The van der Waals surface area contributed by atoms with E-state index in [2.05, 4.69) is 21.4 Å². The normalized spacial score (nSPS) is 10.9. The molecule has 0 aliphatic heterocycles. The maximum atomic E-state index is 12.2. The molecule has 3 heterocycles. The number of rotatable bonds is 7. The molecule has 0 fully saturated rings. The molecule has 0 unspecified atom stereocenters. The second-order valence-corrected chi connectivity index (χ2v) is 8.38. The number of nitrogens with zero attached hydrogens (tertiary/aromatic N) is 3. The van der Waals surface area contributed by atoms with E-state index >= 15 is 0 Å². The van der Waals surface area contributed by atoms with E-state index in [-0.39, 0.29) is 11.7 Å². The second-order valence-electron chi connectivity index (χ2n) is 7.30. The molecule has 1 amide bonds. The van der Waals surface area contributed by atoms with Gasteiger partial charge in [0.25, 0.3) is 0 Å². The van der Waals surface area contributed by atoms with Crippen molar-refractivity contribution in [1.82, 2.24) is 15.0 Å². The van der Waals surface area contributed by atoms with Gasteiger partial charge >= 0.3 is 0 Å². The Hall–Kier alpha value is -3.45. The number of benzene rings is 1. The quantitative estimate of drug-likeness (QED) is 0.431. The molecule has 0 atom stereocenters. The first-order valence-corrected chi connectivity index (χ1v) is 10.9. The molecule has 0 saturated carbocycles. The monoisotopic (exact) mass is 430 g/mol. The summed E-state index contributed by atoms with van der Waals surface area (Å²) in [6, 6.07) is 11.7. The molecule has 1 N–H and O–H groups in total. The number of hydrogen-bond donors (Lipinski definition) is 1. The smallest absolute Gasteiger partial charge is 0.222 e. The number of hydrogen-bond acceptors (Lipinski definition) is 6. The van der Waals surface area contributed by atoms with Crippen molar-refractivity contribution < 1.29 is 9.59 Å². The van der Waals surface area contributed by atoms with Crippen LogP contribution in [0.25, 0.3) is 32.5 Å². The first-order valence-electron chi connectivity index (χ1n) is 10.1. The fourth-order valence-electron chi connectivity index (χ4n) is 3.41. The summed E-state index contributed by atoms with van der Waals surface area (Å²) in [5.41, 5.74) is 4.75. The molecule has 156 valence electrons. The minimum atomic E-state index is -0.159. The Balaban J connectivity index is 1.79. The van der Waals surface area contributed by atoms with Crippen LogP contribution >= 0.6 is 11.3 Å². The SMILES string of the molecule is CCCC(=O)Cc1nc2cc(-c3ccc(NC(C)=O)nc3)cc(-c3cccnc3)c2s1. The summed E-state index contributed by atoms with van der Waals surface area (Å²) < 4.78 is 1.04. The maximum absolute atomic E-state index is 12.2. The van der Waals surface area contributed by atoms with Gasteiger partial charge in [0.15, 0.2) is 0 Å². The van der Waals surface area contributed by atoms with Crippen LogP contribution in [-0.4, -0.2) is 26.6 Å². The van der Waals surface area contributed by atoms with Crippen LogP contribution in [-0.2, 0) is 16.0 Å². The van der Waals surface area contributed by atoms with Gasteiger partial charge in [-0.05, 0) is 42.3 Å². The molecular formula is C24H22N4O2S. The van der Waals surface area contributed by atoms with Gasteiger partial charge in [-0.1, -0.05) is 13.0 Å². The summed E-state index contributed by atoms with van der Waals surface area (Å²) >= 11 is 1.56. The predicted octanol–water partition coefficient (Wildman–Crippen LogP) is 5.29. The van der Waals surface area contributed by atoms with Crippen LogP contribution in [0.2, 0.25) is 0 Å². The molecule has 0 aliphatic carbocycles. The lowest BCUT2D eigenvalue weighted by Gasteiger charge is -2.08. The van der Waals surface area contributed by atoms with Crippen LogP contribution in [0.3, 0.4) is 0 Å². The van der Waals surface area contributed by atoms with Crippen LogP contribution < -0.4 is 5.32 Å². The minimum Gasteiger partial charge on any atom is -0.311 e. The Morgan fingerprint density at radius 1 is 1.06 bits per heavy atom. The Labute approximate surface area is 184 Å². The van der Waals surface area contributed by atoms with Crippen LogP contribution in [0.15, 0.2) is 55.0 Å². The third-order valence-corrected chi connectivity index (χ3v) is 5.89. The molecule has 3 aromatic heterocycles. The number of thiazole rings is 1. The van der Waals surface area contributed by atoms with Gasteiger partial charge in [-0.3, -0.25) is 14.6 Å². The summed E-state index contributed by atoms with van der Waals surface area (Å²) in [4.78, 5) is 36.8.